The number of carbonyl (C=O) groups excluding carboxylic acids is 7. The van der Waals surface area contributed by atoms with Crippen LogP contribution in [0.5, 0.6) is 0 Å². The van der Waals surface area contributed by atoms with E-state index in [1.54, 1.807) is 0 Å². The Morgan fingerprint density at radius 1 is 0.518 bits per heavy atom. The Morgan fingerprint density at radius 3 is 1.20 bits per heavy atom. The van der Waals surface area contributed by atoms with Gasteiger partial charge in [0.1, 0.15) is 36.5 Å². The lowest BCUT2D eigenvalue weighted by Crippen LogP contribution is -2.59. The fourth-order valence-corrected chi connectivity index (χ4v) is 5.75. The first-order valence-corrected chi connectivity index (χ1v) is 19.5. The van der Waals surface area contributed by atoms with Crippen LogP contribution >= 0.6 is 0 Å². The van der Waals surface area contributed by atoms with Crippen LogP contribution in [-0.2, 0) is 33.6 Å². The minimum absolute atomic E-state index is 0.0385. The van der Waals surface area contributed by atoms with Crippen molar-refractivity contribution < 1.29 is 33.6 Å². The molecular weight excluding hydrogens is 724 g/mol. The van der Waals surface area contributed by atoms with Crippen molar-refractivity contribution in [2.75, 3.05) is 13.1 Å². The lowest BCUT2D eigenvalue weighted by Gasteiger charge is -2.29. The molecule has 0 aliphatic rings. The third-order valence-electron chi connectivity index (χ3n) is 8.33. The number of nitrogens with two attached hydrogens (primary N) is 4. The SMILES string of the molecule is CCC[C@H](NC(=O)[C@H](CC(C)C)NC(=O)[C@H](CC(C)C)NC(=O)[C@H](CC(C)C)NC(=O)[C@H](CCCN=C(N)N)NC(C)=O)C(=O)N[C@H](C=O)CCCN=C(N)N. The number of aliphatic imine (C=N–C) groups is 2. The molecule has 320 valence electrons. The molecule has 0 aromatic heterocycles. The third-order valence-corrected chi connectivity index (χ3v) is 8.33. The average molecular weight is 795 g/mol. The Labute approximate surface area is 331 Å². The Bertz CT molecular complexity index is 1330. The van der Waals surface area contributed by atoms with E-state index >= 15 is 0 Å². The number of rotatable bonds is 28. The van der Waals surface area contributed by atoms with Gasteiger partial charge in [0.2, 0.25) is 35.4 Å². The van der Waals surface area contributed by atoms with Crippen LogP contribution < -0.4 is 54.8 Å². The molecule has 0 aromatic rings. The summed E-state index contributed by atoms with van der Waals surface area (Å²) in [5.74, 6) is -3.71. The third kappa shape index (κ3) is 23.1. The van der Waals surface area contributed by atoms with E-state index in [4.69, 9.17) is 22.9 Å². The maximum Gasteiger partial charge on any atom is 0.243 e. The summed E-state index contributed by atoms with van der Waals surface area (Å²) >= 11 is 0. The first-order chi connectivity index (χ1) is 26.2. The van der Waals surface area contributed by atoms with Crippen molar-refractivity contribution in [3.05, 3.63) is 0 Å². The Kier molecular flexibility index (Phi) is 25.1. The molecule has 0 fully saturated rings. The van der Waals surface area contributed by atoms with Crippen LogP contribution in [0.1, 0.15) is 113 Å². The highest BCUT2D eigenvalue weighted by Crippen LogP contribution is 2.13. The Morgan fingerprint density at radius 2 is 0.857 bits per heavy atom. The van der Waals surface area contributed by atoms with Crippen LogP contribution in [0, 0.1) is 17.8 Å². The summed E-state index contributed by atoms with van der Waals surface area (Å²) in [4.78, 5) is 99.4. The topological polar surface area (TPSA) is 320 Å². The van der Waals surface area contributed by atoms with Crippen LogP contribution in [0.2, 0.25) is 0 Å². The fraction of sp³-hybridized carbons (Fsp3) is 0.757. The molecule has 0 spiro atoms. The van der Waals surface area contributed by atoms with E-state index in [-0.39, 0.29) is 81.3 Å². The molecule has 6 amide bonds. The summed E-state index contributed by atoms with van der Waals surface area (Å²) < 4.78 is 0. The number of hydrogen-bond donors (Lipinski definition) is 10. The van der Waals surface area contributed by atoms with Crippen LogP contribution in [0.15, 0.2) is 9.98 Å². The largest absolute Gasteiger partial charge is 0.370 e. The van der Waals surface area contributed by atoms with E-state index in [1.807, 2.05) is 48.5 Å². The van der Waals surface area contributed by atoms with E-state index in [0.717, 1.165) is 0 Å². The number of carbonyl (C=O) groups is 7. The molecular formula is C37H70N12O7. The number of nitrogens with one attached hydrogen (secondary N) is 6. The molecule has 14 N–H and O–H groups in total. The summed E-state index contributed by atoms with van der Waals surface area (Å²) in [6.07, 6.45) is 3.39. The summed E-state index contributed by atoms with van der Waals surface area (Å²) in [5.41, 5.74) is 21.5. The summed E-state index contributed by atoms with van der Waals surface area (Å²) in [5, 5.41) is 16.3. The van der Waals surface area contributed by atoms with Gasteiger partial charge in [0.05, 0.1) is 6.04 Å². The van der Waals surface area contributed by atoms with E-state index in [1.165, 1.54) is 6.92 Å². The minimum Gasteiger partial charge on any atom is -0.370 e. The second-order valence-corrected chi connectivity index (χ2v) is 15.3. The molecule has 0 aromatic carbocycles. The molecule has 0 unspecified atom stereocenters. The molecule has 0 aliphatic heterocycles. The minimum atomic E-state index is -1.08. The van der Waals surface area contributed by atoms with E-state index < -0.39 is 71.7 Å². The Balaban J connectivity index is 6.10. The summed E-state index contributed by atoms with van der Waals surface area (Å²) in [6.45, 7) is 14.9. The van der Waals surface area contributed by atoms with Gasteiger partial charge in [0, 0.05) is 20.0 Å². The first kappa shape index (κ1) is 51.0. The monoisotopic (exact) mass is 795 g/mol. The van der Waals surface area contributed by atoms with Gasteiger partial charge in [-0.2, -0.15) is 0 Å². The molecule has 19 nitrogen and oxygen atoms in total. The van der Waals surface area contributed by atoms with Crippen molar-refractivity contribution >= 4 is 53.6 Å². The van der Waals surface area contributed by atoms with Gasteiger partial charge in [-0.15, -0.1) is 0 Å². The number of amides is 6. The molecule has 56 heavy (non-hydrogen) atoms. The quantitative estimate of drug-likeness (QED) is 0.0202. The van der Waals surface area contributed by atoms with Crippen LogP contribution in [-0.4, -0.2) is 103 Å². The molecule has 0 bridgehead atoms. The fourth-order valence-electron chi connectivity index (χ4n) is 5.75. The van der Waals surface area contributed by atoms with Gasteiger partial charge in [0.25, 0.3) is 0 Å². The van der Waals surface area contributed by atoms with Gasteiger partial charge in [-0.3, -0.25) is 38.8 Å². The van der Waals surface area contributed by atoms with Gasteiger partial charge >= 0.3 is 0 Å². The molecule has 0 saturated heterocycles. The average Bonchev–Trinajstić information content (AvgIpc) is 3.08. The van der Waals surface area contributed by atoms with Crippen molar-refractivity contribution in [3.63, 3.8) is 0 Å². The molecule has 0 radical (unpaired) electrons. The standard InChI is InChI=1S/C37H70N12O7/c1-9-12-26(31(52)45-25(20-50)13-10-15-42-36(38)39)46-33(54)28(17-21(2)3)48-35(56)30(19-23(6)7)49-34(55)29(18-22(4)5)47-32(53)27(44-24(8)51)14-11-16-43-37(40)41/h20-23,25-30H,9-19H2,1-8H3,(H,44,51)(H,45,52)(H,46,54)(H,47,53)(H,48,56)(H,49,55)(H4,38,39,42)(H4,40,41,43)/t25-,26-,27-,28-,29-,30-/m0/s1. The van der Waals surface area contributed by atoms with Crippen molar-refractivity contribution in [3.8, 4) is 0 Å². The smallest absolute Gasteiger partial charge is 0.243 e. The van der Waals surface area contributed by atoms with Crippen LogP contribution in [0.25, 0.3) is 0 Å². The summed E-state index contributed by atoms with van der Waals surface area (Å²) in [6, 6.07) is -5.97. The number of guanidine groups is 2. The van der Waals surface area contributed by atoms with Gasteiger partial charge in [0.15, 0.2) is 11.9 Å². The second kappa shape index (κ2) is 27.6. The number of hydrogen-bond acceptors (Lipinski definition) is 9. The molecule has 0 aliphatic carbocycles. The van der Waals surface area contributed by atoms with Crippen LogP contribution in [0.3, 0.4) is 0 Å². The van der Waals surface area contributed by atoms with E-state index in [0.29, 0.717) is 25.5 Å². The lowest BCUT2D eigenvalue weighted by atomic mass is 9.98. The highest BCUT2D eigenvalue weighted by molar-refractivity contribution is 5.96. The predicted molar refractivity (Wildman–Crippen MR) is 216 cm³/mol. The molecule has 0 heterocycles. The maximum absolute atomic E-state index is 13.9. The van der Waals surface area contributed by atoms with E-state index in [9.17, 15) is 33.6 Å². The van der Waals surface area contributed by atoms with E-state index in [2.05, 4.69) is 41.9 Å². The molecule has 6 atom stereocenters. The summed E-state index contributed by atoms with van der Waals surface area (Å²) in [7, 11) is 0. The zero-order valence-electron chi connectivity index (χ0n) is 34.6. The Hall–Kier alpha value is -4.97. The number of aldehydes is 1. The van der Waals surface area contributed by atoms with Gasteiger partial charge < -0.3 is 59.6 Å². The molecule has 0 rings (SSSR count). The van der Waals surface area contributed by atoms with Crippen LogP contribution in [0.4, 0.5) is 0 Å². The predicted octanol–water partition coefficient (Wildman–Crippen LogP) is -0.840. The maximum atomic E-state index is 13.9. The van der Waals surface area contributed by atoms with Gasteiger partial charge in [-0.1, -0.05) is 54.9 Å². The van der Waals surface area contributed by atoms with Gasteiger partial charge in [-0.05, 0) is 69.1 Å². The van der Waals surface area contributed by atoms with Crippen molar-refractivity contribution in [1.82, 2.24) is 31.9 Å². The second-order valence-electron chi connectivity index (χ2n) is 15.3. The van der Waals surface area contributed by atoms with Crippen molar-refractivity contribution in [2.24, 2.45) is 50.7 Å². The normalized spacial score (nSPS) is 14.3. The highest BCUT2D eigenvalue weighted by atomic mass is 16.2. The molecule has 19 heteroatoms. The first-order valence-electron chi connectivity index (χ1n) is 19.5. The van der Waals surface area contributed by atoms with Crippen molar-refractivity contribution in [1.29, 1.82) is 0 Å². The van der Waals surface area contributed by atoms with Crippen molar-refractivity contribution in [2.45, 2.75) is 149 Å². The highest BCUT2D eigenvalue weighted by Gasteiger charge is 2.33. The zero-order valence-corrected chi connectivity index (χ0v) is 34.6. The van der Waals surface area contributed by atoms with Gasteiger partial charge in [-0.25, -0.2) is 0 Å². The number of nitrogens with zero attached hydrogens (tertiary/aromatic N) is 2. The molecule has 0 saturated carbocycles. The zero-order chi connectivity index (χ0) is 43.0. The lowest BCUT2D eigenvalue weighted by molar-refractivity contribution is -0.135.